The van der Waals surface area contributed by atoms with Crippen LogP contribution in [0.4, 0.5) is 5.69 Å². The maximum absolute atomic E-state index is 9.27. The molecule has 0 aliphatic carbocycles. The summed E-state index contributed by atoms with van der Waals surface area (Å²) in [7, 11) is 1.91. The van der Waals surface area contributed by atoms with E-state index < -0.39 is 0 Å². The van der Waals surface area contributed by atoms with Crippen LogP contribution in [0.1, 0.15) is 12.8 Å². The SMILES string of the molecule is CC(O)CN(C)Cc1nc2c(N)cccc2o1. The molecule has 1 aromatic heterocycles. The predicted molar refractivity (Wildman–Crippen MR) is 66.4 cm³/mol. The molecule has 2 aromatic rings. The van der Waals surface area contributed by atoms with Gasteiger partial charge in [-0.2, -0.15) is 0 Å². The molecule has 1 aromatic carbocycles. The van der Waals surface area contributed by atoms with Crippen LogP contribution < -0.4 is 5.73 Å². The molecule has 0 fully saturated rings. The maximum atomic E-state index is 9.27. The minimum atomic E-state index is -0.366. The van der Waals surface area contributed by atoms with Gasteiger partial charge in [0.2, 0.25) is 5.89 Å². The summed E-state index contributed by atoms with van der Waals surface area (Å²) in [6, 6.07) is 5.48. The van der Waals surface area contributed by atoms with Crippen molar-refractivity contribution in [3.63, 3.8) is 0 Å². The molecule has 17 heavy (non-hydrogen) atoms. The number of aliphatic hydroxyl groups excluding tert-OH is 1. The number of nitrogens with two attached hydrogens (primary N) is 1. The standard InChI is InChI=1S/C12H17N3O2/c1-8(16)6-15(2)7-11-14-12-9(13)4-3-5-10(12)17-11/h3-5,8,16H,6-7,13H2,1-2H3. The Labute approximate surface area is 99.8 Å². The van der Waals surface area contributed by atoms with Gasteiger partial charge >= 0.3 is 0 Å². The largest absolute Gasteiger partial charge is 0.439 e. The predicted octanol–water partition coefficient (Wildman–Crippen LogP) is 1.22. The number of para-hydroxylation sites is 1. The van der Waals surface area contributed by atoms with Gasteiger partial charge in [0.15, 0.2) is 5.58 Å². The molecule has 0 saturated carbocycles. The summed E-state index contributed by atoms with van der Waals surface area (Å²) >= 11 is 0. The Morgan fingerprint density at radius 3 is 2.94 bits per heavy atom. The van der Waals surface area contributed by atoms with Gasteiger partial charge < -0.3 is 15.3 Å². The number of oxazole rings is 1. The Morgan fingerprint density at radius 2 is 2.29 bits per heavy atom. The third kappa shape index (κ3) is 2.75. The summed E-state index contributed by atoms with van der Waals surface area (Å²) in [5.41, 5.74) is 7.83. The smallest absolute Gasteiger partial charge is 0.209 e. The average molecular weight is 235 g/mol. The normalized spacial score (nSPS) is 13.4. The average Bonchev–Trinajstić information content (AvgIpc) is 2.60. The first-order chi connectivity index (χ1) is 8.06. The van der Waals surface area contributed by atoms with Crippen LogP contribution in [0.2, 0.25) is 0 Å². The van der Waals surface area contributed by atoms with Crippen molar-refractivity contribution in [1.82, 2.24) is 9.88 Å². The van der Waals surface area contributed by atoms with Gasteiger partial charge in [0.05, 0.1) is 18.3 Å². The highest BCUT2D eigenvalue weighted by Gasteiger charge is 2.11. The van der Waals surface area contributed by atoms with Gasteiger partial charge in [-0.3, -0.25) is 4.90 Å². The number of rotatable bonds is 4. The van der Waals surface area contributed by atoms with Crippen LogP contribution in [0.25, 0.3) is 11.1 Å². The van der Waals surface area contributed by atoms with E-state index in [-0.39, 0.29) is 6.10 Å². The highest BCUT2D eigenvalue weighted by molar-refractivity contribution is 5.85. The molecule has 5 heteroatoms. The second-order valence-corrected chi connectivity index (χ2v) is 4.35. The van der Waals surface area contributed by atoms with E-state index in [2.05, 4.69) is 4.98 Å². The van der Waals surface area contributed by atoms with E-state index in [1.54, 1.807) is 13.0 Å². The number of hydrogen-bond donors (Lipinski definition) is 2. The van der Waals surface area contributed by atoms with E-state index in [0.29, 0.717) is 35.8 Å². The quantitative estimate of drug-likeness (QED) is 0.779. The first-order valence-corrected chi connectivity index (χ1v) is 5.57. The summed E-state index contributed by atoms with van der Waals surface area (Å²) in [6.07, 6.45) is -0.366. The zero-order valence-corrected chi connectivity index (χ0v) is 10.1. The van der Waals surface area contributed by atoms with Crippen molar-refractivity contribution in [2.45, 2.75) is 19.6 Å². The van der Waals surface area contributed by atoms with Gasteiger partial charge in [-0.25, -0.2) is 4.98 Å². The molecule has 1 heterocycles. The molecule has 0 aliphatic rings. The van der Waals surface area contributed by atoms with E-state index in [1.807, 2.05) is 24.1 Å². The number of nitrogen functional groups attached to an aromatic ring is 1. The number of aromatic nitrogens is 1. The zero-order chi connectivity index (χ0) is 12.4. The molecule has 3 N–H and O–H groups in total. The minimum absolute atomic E-state index is 0.366. The lowest BCUT2D eigenvalue weighted by molar-refractivity contribution is 0.133. The number of aliphatic hydroxyl groups is 1. The van der Waals surface area contributed by atoms with Crippen LogP contribution in [0, 0.1) is 0 Å². The molecule has 0 bridgehead atoms. The molecule has 1 atom stereocenters. The minimum Gasteiger partial charge on any atom is -0.439 e. The van der Waals surface area contributed by atoms with E-state index in [1.165, 1.54) is 0 Å². The fourth-order valence-corrected chi connectivity index (χ4v) is 1.83. The molecule has 2 rings (SSSR count). The van der Waals surface area contributed by atoms with Gasteiger partial charge in [-0.05, 0) is 26.1 Å². The van der Waals surface area contributed by atoms with Gasteiger partial charge in [-0.15, -0.1) is 0 Å². The number of benzene rings is 1. The third-order valence-electron chi connectivity index (χ3n) is 2.48. The lowest BCUT2D eigenvalue weighted by Gasteiger charge is -2.15. The summed E-state index contributed by atoms with van der Waals surface area (Å²) in [5, 5.41) is 9.27. The van der Waals surface area contributed by atoms with Crippen molar-refractivity contribution in [2.24, 2.45) is 0 Å². The fourth-order valence-electron chi connectivity index (χ4n) is 1.83. The lowest BCUT2D eigenvalue weighted by Crippen LogP contribution is -2.26. The van der Waals surface area contributed by atoms with Crippen LogP contribution in [0.5, 0.6) is 0 Å². The topological polar surface area (TPSA) is 75.5 Å². The molecule has 0 aliphatic heterocycles. The van der Waals surface area contributed by atoms with Crippen LogP contribution in [0.3, 0.4) is 0 Å². The number of likely N-dealkylation sites (N-methyl/N-ethyl adjacent to an activating group) is 1. The fraction of sp³-hybridized carbons (Fsp3) is 0.417. The van der Waals surface area contributed by atoms with E-state index in [4.69, 9.17) is 10.2 Å². The van der Waals surface area contributed by atoms with Crippen molar-refractivity contribution in [3.05, 3.63) is 24.1 Å². The highest BCUT2D eigenvalue weighted by Crippen LogP contribution is 2.21. The molecule has 0 amide bonds. The van der Waals surface area contributed by atoms with Crippen LogP contribution in [-0.4, -0.2) is 34.7 Å². The summed E-state index contributed by atoms with van der Waals surface area (Å²) in [4.78, 5) is 6.29. The molecular formula is C12H17N3O2. The van der Waals surface area contributed by atoms with E-state index in [0.717, 1.165) is 0 Å². The first kappa shape index (κ1) is 11.9. The van der Waals surface area contributed by atoms with Crippen molar-refractivity contribution >= 4 is 16.8 Å². The molecule has 0 spiro atoms. The number of nitrogens with zero attached hydrogens (tertiary/aromatic N) is 2. The third-order valence-corrected chi connectivity index (χ3v) is 2.48. The van der Waals surface area contributed by atoms with Crippen molar-refractivity contribution in [2.75, 3.05) is 19.3 Å². The Balaban J connectivity index is 2.17. The second-order valence-electron chi connectivity index (χ2n) is 4.35. The molecule has 1 unspecified atom stereocenters. The zero-order valence-electron chi connectivity index (χ0n) is 10.1. The first-order valence-electron chi connectivity index (χ1n) is 5.57. The summed E-state index contributed by atoms with van der Waals surface area (Å²) in [6.45, 7) is 2.88. The van der Waals surface area contributed by atoms with Crippen molar-refractivity contribution in [3.8, 4) is 0 Å². The molecule has 0 radical (unpaired) electrons. The summed E-state index contributed by atoms with van der Waals surface area (Å²) < 4.78 is 5.59. The Kier molecular flexibility index (Phi) is 3.31. The van der Waals surface area contributed by atoms with Gasteiger partial charge in [0.25, 0.3) is 0 Å². The number of fused-ring (bicyclic) bond motifs is 1. The van der Waals surface area contributed by atoms with Crippen LogP contribution >= 0.6 is 0 Å². The number of anilines is 1. The van der Waals surface area contributed by atoms with Gasteiger partial charge in [-0.1, -0.05) is 6.07 Å². The van der Waals surface area contributed by atoms with Gasteiger partial charge in [0.1, 0.15) is 5.52 Å². The van der Waals surface area contributed by atoms with Crippen LogP contribution in [-0.2, 0) is 6.54 Å². The Hall–Kier alpha value is -1.59. The second kappa shape index (κ2) is 4.73. The van der Waals surface area contributed by atoms with Crippen molar-refractivity contribution < 1.29 is 9.52 Å². The molecule has 5 nitrogen and oxygen atoms in total. The molecule has 0 saturated heterocycles. The number of hydrogen-bond acceptors (Lipinski definition) is 5. The molecular weight excluding hydrogens is 218 g/mol. The monoisotopic (exact) mass is 235 g/mol. The van der Waals surface area contributed by atoms with Gasteiger partial charge in [0, 0.05) is 6.54 Å². The maximum Gasteiger partial charge on any atom is 0.209 e. The van der Waals surface area contributed by atoms with E-state index in [9.17, 15) is 5.11 Å². The lowest BCUT2D eigenvalue weighted by atomic mass is 10.3. The molecule has 92 valence electrons. The van der Waals surface area contributed by atoms with Crippen LogP contribution in [0.15, 0.2) is 22.6 Å². The Morgan fingerprint density at radius 1 is 1.53 bits per heavy atom. The van der Waals surface area contributed by atoms with Crippen molar-refractivity contribution in [1.29, 1.82) is 0 Å². The van der Waals surface area contributed by atoms with E-state index >= 15 is 0 Å². The summed E-state index contributed by atoms with van der Waals surface area (Å²) in [5.74, 6) is 0.612. The highest BCUT2D eigenvalue weighted by atomic mass is 16.3. The Bertz CT molecular complexity index is 507.